The summed E-state index contributed by atoms with van der Waals surface area (Å²) in [5.74, 6) is 1.60. The summed E-state index contributed by atoms with van der Waals surface area (Å²) in [5, 5.41) is 5.86. The van der Waals surface area contributed by atoms with Crippen LogP contribution in [0.2, 0.25) is 0 Å². The summed E-state index contributed by atoms with van der Waals surface area (Å²) in [6.07, 6.45) is 0. The first kappa shape index (κ1) is 22.8. The van der Waals surface area contributed by atoms with Gasteiger partial charge in [-0.05, 0) is 95.7 Å². The van der Waals surface area contributed by atoms with Crippen LogP contribution in [0.5, 0.6) is 11.5 Å². The highest BCUT2D eigenvalue weighted by atomic mass is 79.9. The van der Waals surface area contributed by atoms with E-state index in [1.807, 2.05) is 31.2 Å². The molecule has 2 N–H and O–H groups in total. The van der Waals surface area contributed by atoms with Gasteiger partial charge in [0.2, 0.25) is 5.89 Å². The van der Waals surface area contributed by atoms with Crippen LogP contribution in [0, 0.1) is 0 Å². The number of oxazole rings is 1. The number of anilines is 1. The molecule has 0 unspecified atom stereocenters. The molecule has 0 aliphatic heterocycles. The molecule has 168 valence electrons. The first-order valence-electron chi connectivity index (χ1n) is 10.1. The number of nitrogens with zero attached hydrogens (tertiary/aromatic N) is 1. The largest absolute Gasteiger partial charge is 0.497 e. The second-order valence-corrected chi connectivity index (χ2v) is 8.18. The van der Waals surface area contributed by atoms with Crippen molar-refractivity contribution in [1.82, 2.24) is 10.3 Å². The Labute approximate surface area is 204 Å². The number of rotatable bonds is 6. The van der Waals surface area contributed by atoms with Gasteiger partial charge in [0.15, 0.2) is 10.7 Å². The van der Waals surface area contributed by atoms with Crippen LogP contribution in [-0.2, 0) is 0 Å². The Morgan fingerprint density at radius 1 is 1.12 bits per heavy atom. The Morgan fingerprint density at radius 2 is 1.91 bits per heavy atom. The van der Waals surface area contributed by atoms with Crippen LogP contribution in [-0.4, -0.2) is 29.7 Å². The predicted octanol–water partition coefficient (Wildman–Crippen LogP) is 5.79. The van der Waals surface area contributed by atoms with Gasteiger partial charge in [-0.25, -0.2) is 4.98 Å². The topological polar surface area (TPSA) is 85.6 Å². The first-order valence-corrected chi connectivity index (χ1v) is 11.3. The molecule has 0 aliphatic rings. The smallest absolute Gasteiger partial charge is 0.257 e. The summed E-state index contributed by atoms with van der Waals surface area (Å²) < 4.78 is 17.2. The predicted molar refractivity (Wildman–Crippen MR) is 135 cm³/mol. The van der Waals surface area contributed by atoms with Crippen molar-refractivity contribution < 1.29 is 18.7 Å². The SMILES string of the molecule is CCOc1ccc(C(=O)NC(=S)Nc2ccc3oc(-c4ccc(OC)cc4)nc3c2)cc1Br. The van der Waals surface area contributed by atoms with Crippen LogP contribution < -0.4 is 20.1 Å². The van der Waals surface area contributed by atoms with E-state index in [1.54, 1.807) is 43.5 Å². The normalized spacial score (nSPS) is 10.6. The number of halogens is 1. The lowest BCUT2D eigenvalue weighted by atomic mass is 10.2. The second kappa shape index (κ2) is 10.0. The molecular weight excluding hydrogens is 506 g/mol. The molecule has 0 radical (unpaired) electrons. The number of amides is 1. The number of aromatic nitrogens is 1. The van der Waals surface area contributed by atoms with Crippen LogP contribution >= 0.6 is 28.1 Å². The number of ether oxygens (including phenoxy) is 2. The summed E-state index contributed by atoms with van der Waals surface area (Å²) >= 11 is 8.72. The number of methoxy groups -OCH3 is 1. The van der Waals surface area contributed by atoms with E-state index in [1.165, 1.54) is 0 Å². The monoisotopic (exact) mass is 525 g/mol. The van der Waals surface area contributed by atoms with E-state index in [2.05, 4.69) is 31.5 Å². The summed E-state index contributed by atoms with van der Waals surface area (Å²) in [5.41, 5.74) is 3.27. The highest BCUT2D eigenvalue weighted by Gasteiger charge is 2.13. The Kier molecular flexibility index (Phi) is 6.90. The van der Waals surface area contributed by atoms with E-state index < -0.39 is 0 Å². The molecule has 0 bridgehead atoms. The summed E-state index contributed by atoms with van der Waals surface area (Å²) in [4.78, 5) is 17.1. The number of thiocarbonyl (C=S) groups is 1. The van der Waals surface area contributed by atoms with Crippen LogP contribution in [0.15, 0.2) is 69.6 Å². The lowest BCUT2D eigenvalue weighted by molar-refractivity contribution is 0.0977. The van der Waals surface area contributed by atoms with Gasteiger partial charge in [-0.15, -0.1) is 0 Å². The highest BCUT2D eigenvalue weighted by Crippen LogP contribution is 2.28. The van der Waals surface area contributed by atoms with Crippen molar-refractivity contribution >= 4 is 56.0 Å². The van der Waals surface area contributed by atoms with Crippen molar-refractivity contribution in [2.45, 2.75) is 6.92 Å². The molecule has 0 aliphatic carbocycles. The Bertz CT molecular complexity index is 1320. The fourth-order valence-corrected chi connectivity index (χ4v) is 3.82. The zero-order valence-electron chi connectivity index (χ0n) is 17.8. The van der Waals surface area contributed by atoms with E-state index in [9.17, 15) is 4.79 Å². The fraction of sp³-hybridized carbons (Fsp3) is 0.125. The van der Waals surface area contributed by atoms with Gasteiger partial charge in [0, 0.05) is 16.8 Å². The Morgan fingerprint density at radius 3 is 2.61 bits per heavy atom. The number of hydrogen-bond acceptors (Lipinski definition) is 6. The molecule has 1 aromatic heterocycles. The maximum atomic E-state index is 12.5. The number of benzene rings is 3. The van der Waals surface area contributed by atoms with Gasteiger partial charge in [-0.3, -0.25) is 10.1 Å². The zero-order chi connectivity index (χ0) is 23.4. The molecule has 7 nitrogen and oxygen atoms in total. The molecule has 1 heterocycles. The van der Waals surface area contributed by atoms with Crippen molar-refractivity contribution in [1.29, 1.82) is 0 Å². The van der Waals surface area contributed by atoms with Crippen molar-refractivity contribution in [3.05, 3.63) is 70.7 Å². The molecule has 4 aromatic rings. The molecule has 0 saturated heterocycles. The maximum Gasteiger partial charge on any atom is 0.257 e. The van der Waals surface area contributed by atoms with Gasteiger partial charge in [-0.2, -0.15) is 0 Å². The van der Waals surface area contributed by atoms with Crippen LogP contribution in [0.25, 0.3) is 22.6 Å². The van der Waals surface area contributed by atoms with Gasteiger partial charge in [0.05, 0.1) is 18.2 Å². The fourth-order valence-electron chi connectivity index (χ4n) is 3.11. The minimum atomic E-state index is -0.333. The van der Waals surface area contributed by atoms with Crippen LogP contribution in [0.1, 0.15) is 17.3 Å². The van der Waals surface area contributed by atoms with Crippen LogP contribution in [0.3, 0.4) is 0 Å². The number of nitrogens with one attached hydrogen (secondary N) is 2. The standard InChI is InChI=1S/C24H20BrN3O4S/c1-3-31-20-10-6-15(12-18(20)25)22(29)28-24(33)26-16-7-11-21-19(13-16)27-23(32-21)14-4-8-17(30-2)9-5-14/h4-13H,3H2,1-2H3,(H2,26,28,29,33). The van der Waals surface area contributed by atoms with Crippen molar-refractivity contribution in [3.8, 4) is 23.0 Å². The Hall–Kier alpha value is -3.43. The van der Waals surface area contributed by atoms with Crippen molar-refractivity contribution in [2.75, 3.05) is 19.0 Å². The molecule has 0 spiro atoms. The molecule has 33 heavy (non-hydrogen) atoms. The first-order chi connectivity index (χ1) is 16.0. The van der Waals surface area contributed by atoms with Gasteiger partial charge in [0.1, 0.15) is 17.0 Å². The average Bonchev–Trinajstić information content (AvgIpc) is 3.24. The second-order valence-electron chi connectivity index (χ2n) is 6.92. The van der Waals surface area contributed by atoms with E-state index in [0.29, 0.717) is 45.1 Å². The Balaban J connectivity index is 1.44. The highest BCUT2D eigenvalue weighted by molar-refractivity contribution is 9.10. The molecule has 0 fully saturated rings. The van der Waals surface area contributed by atoms with Crippen LogP contribution in [0.4, 0.5) is 5.69 Å². The molecule has 1 amide bonds. The van der Waals surface area contributed by atoms with Gasteiger partial charge < -0.3 is 19.2 Å². The minimum Gasteiger partial charge on any atom is -0.497 e. The molecule has 3 aromatic carbocycles. The van der Waals surface area contributed by atoms with E-state index in [4.69, 9.17) is 26.1 Å². The van der Waals surface area contributed by atoms with E-state index in [0.717, 1.165) is 11.3 Å². The number of fused-ring (bicyclic) bond motifs is 1. The van der Waals surface area contributed by atoms with E-state index in [-0.39, 0.29) is 11.0 Å². The zero-order valence-corrected chi connectivity index (χ0v) is 20.2. The minimum absolute atomic E-state index is 0.170. The lowest BCUT2D eigenvalue weighted by Crippen LogP contribution is -2.34. The number of carbonyl (C=O) groups excluding carboxylic acids is 1. The molecule has 0 saturated carbocycles. The third-order valence-electron chi connectivity index (χ3n) is 4.70. The van der Waals surface area contributed by atoms with Gasteiger partial charge in [-0.1, -0.05) is 0 Å². The summed E-state index contributed by atoms with van der Waals surface area (Å²) in [6.45, 7) is 2.43. The van der Waals surface area contributed by atoms with Crippen molar-refractivity contribution in [3.63, 3.8) is 0 Å². The summed E-state index contributed by atoms with van der Waals surface area (Å²) in [6, 6.07) is 18.0. The molecule has 4 rings (SSSR count). The number of carbonyl (C=O) groups is 1. The van der Waals surface area contributed by atoms with Gasteiger partial charge >= 0.3 is 0 Å². The lowest BCUT2D eigenvalue weighted by Gasteiger charge is -2.11. The maximum absolute atomic E-state index is 12.5. The average molecular weight is 526 g/mol. The molecule has 0 atom stereocenters. The van der Waals surface area contributed by atoms with Crippen molar-refractivity contribution in [2.24, 2.45) is 0 Å². The third-order valence-corrected chi connectivity index (χ3v) is 5.53. The van der Waals surface area contributed by atoms with Gasteiger partial charge in [0.25, 0.3) is 5.91 Å². The molecular formula is C24H20BrN3O4S. The third kappa shape index (κ3) is 5.32. The quantitative estimate of drug-likeness (QED) is 0.308. The number of hydrogen-bond donors (Lipinski definition) is 2. The van der Waals surface area contributed by atoms with E-state index >= 15 is 0 Å². The summed E-state index contributed by atoms with van der Waals surface area (Å²) in [7, 11) is 1.62. The molecule has 9 heteroatoms.